The van der Waals surface area contributed by atoms with Crippen LogP contribution in [0.1, 0.15) is 23.4 Å². The molecule has 23 heavy (non-hydrogen) atoms. The Hall–Kier alpha value is -1.66. The van der Waals surface area contributed by atoms with Gasteiger partial charge < -0.3 is 10.6 Å². The fraction of sp³-hybridized carbons (Fsp3) is 0.375. The standard InChI is InChI=1S/C16H20ClFN4S/c1-11-15(17)12(2)22(21-11)9-3-8-19-16(23)20-10-13-4-6-14(18)7-5-13/h4-7H,3,8-10H2,1-2H3,(H2,19,20,23). The highest BCUT2D eigenvalue weighted by molar-refractivity contribution is 7.80. The molecule has 0 unspecified atom stereocenters. The first kappa shape index (κ1) is 17.7. The quantitative estimate of drug-likeness (QED) is 0.616. The molecule has 0 saturated heterocycles. The maximum absolute atomic E-state index is 12.8. The number of hydrogen-bond donors (Lipinski definition) is 2. The summed E-state index contributed by atoms with van der Waals surface area (Å²) in [5.41, 5.74) is 2.82. The van der Waals surface area contributed by atoms with Crippen molar-refractivity contribution in [1.29, 1.82) is 0 Å². The first-order valence-corrected chi connectivity index (χ1v) is 8.21. The van der Waals surface area contributed by atoms with Crippen LogP contribution in [0.25, 0.3) is 0 Å². The molecule has 0 saturated carbocycles. The van der Waals surface area contributed by atoms with E-state index in [-0.39, 0.29) is 5.82 Å². The molecule has 2 N–H and O–H groups in total. The highest BCUT2D eigenvalue weighted by Crippen LogP contribution is 2.18. The fourth-order valence-electron chi connectivity index (χ4n) is 2.17. The number of nitrogens with zero attached hydrogens (tertiary/aromatic N) is 2. The van der Waals surface area contributed by atoms with Gasteiger partial charge in [-0.05, 0) is 50.2 Å². The molecule has 0 aliphatic carbocycles. The van der Waals surface area contributed by atoms with Gasteiger partial charge in [0, 0.05) is 19.6 Å². The third kappa shape index (κ3) is 5.18. The van der Waals surface area contributed by atoms with E-state index in [4.69, 9.17) is 23.8 Å². The molecule has 1 aromatic carbocycles. The van der Waals surface area contributed by atoms with Gasteiger partial charge in [0.2, 0.25) is 0 Å². The lowest BCUT2D eigenvalue weighted by atomic mass is 10.2. The van der Waals surface area contributed by atoms with Crippen LogP contribution >= 0.6 is 23.8 Å². The Bertz CT molecular complexity index is 669. The van der Waals surface area contributed by atoms with Crippen LogP contribution in [0.2, 0.25) is 5.02 Å². The fourth-order valence-corrected chi connectivity index (χ4v) is 2.48. The van der Waals surface area contributed by atoms with Crippen molar-refractivity contribution in [3.63, 3.8) is 0 Å². The van der Waals surface area contributed by atoms with Crippen molar-refractivity contribution in [3.05, 3.63) is 52.1 Å². The van der Waals surface area contributed by atoms with Crippen molar-refractivity contribution in [1.82, 2.24) is 20.4 Å². The van der Waals surface area contributed by atoms with Crippen LogP contribution in [-0.2, 0) is 13.1 Å². The Morgan fingerprint density at radius 3 is 2.57 bits per heavy atom. The molecule has 4 nitrogen and oxygen atoms in total. The summed E-state index contributed by atoms with van der Waals surface area (Å²) in [6.07, 6.45) is 0.886. The van der Waals surface area contributed by atoms with E-state index < -0.39 is 0 Å². The normalized spacial score (nSPS) is 10.6. The number of rotatable bonds is 6. The second-order valence-electron chi connectivity index (χ2n) is 5.30. The first-order chi connectivity index (χ1) is 11.0. The molecular weight excluding hydrogens is 335 g/mol. The van der Waals surface area contributed by atoms with Gasteiger partial charge in [-0.15, -0.1) is 0 Å². The molecule has 0 aliphatic heterocycles. The van der Waals surface area contributed by atoms with Crippen LogP contribution in [0.15, 0.2) is 24.3 Å². The summed E-state index contributed by atoms with van der Waals surface area (Å²) in [5, 5.41) is 11.9. The zero-order valence-electron chi connectivity index (χ0n) is 13.2. The topological polar surface area (TPSA) is 41.9 Å². The summed E-state index contributed by atoms with van der Waals surface area (Å²) >= 11 is 11.3. The Morgan fingerprint density at radius 1 is 1.26 bits per heavy atom. The molecule has 0 bridgehead atoms. The summed E-state index contributed by atoms with van der Waals surface area (Å²) in [6, 6.07) is 6.34. The van der Waals surface area contributed by atoms with E-state index in [0.717, 1.165) is 41.5 Å². The smallest absolute Gasteiger partial charge is 0.166 e. The lowest BCUT2D eigenvalue weighted by Gasteiger charge is -2.11. The van der Waals surface area contributed by atoms with Gasteiger partial charge in [-0.3, -0.25) is 4.68 Å². The van der Waals surface area contributed by atoms with E-state index in [2.05, 4.69) is 15.7 Å². The zero-order valence-corrected chi connectivity index (χ0v) is 14.8. The van der Waals surface area contributed by atoms with Gasteiger partial charge in [0.25, 0.3) is 0 Å². The first-order valence-electron chi connectivity index (χ1n) is 7.43. The molecule has 0 atom stereocenters. The van der Waals surface area contributed by atoms with Gasteiger partial charge in [-0.25, -0.2) is 4.39 Å². The molecule has 2 aromatic rings. The monoisotopic (exact) mass is 354 g/mol. The predicted octanol–water partition coefficient (Wildman–Crippen LogP) is 3.35. The number of hydrogen-bond acceptors (Lipinski definition) is 2. The summed E-state index contributed by atoms with van der Waals surface area (Å²) in [7, 11) is 0. The Morgan fingerprint density at radius 2 is 1.96 bits per heavy atom. The van der Waals surface area contributed by atoms with Crippen LogP contribution in [0, 0.1) is 19.7 Å². The van der Waals surface area contributed by atoms with Crippen molar-refractivity contribution >= 4 is 28.9 Å². The molecule has 2 rings (SSSR count). The van der Waals surface area contributed by atoms with Crippen LogP contribution in [0.4, 0.5) is 4.39 Å². The van der Waals surface area contributed by atoms with Crippen LogP contribution in [0.3, 0.4) is 0 Å². The molecule has 0 radical (unpaired) electrons. The van der Waals surface area contributed by atoms with Gasteiger partial charge in [0.05, 0.1) is 16.4 Å². The van der Waals surface area contributed by atoms with E-state index in [1.54, 1.807) is 12.1 Å². The molecular formula is C16H20ClFN4S. The van der Waals surface area contributed by atoms with Crippen LogP contribution in [-0.4, -0.2) is 21.4 Å². The maximum Gasteiger partial charge on any atom is 0.166 e. The molecule has 1 aromatic heterocycles. The number of aryl methyl sites for hydroxylation is 2. The van der Waals surface area contributed by atoms with Gasteiger partial charge in [0.1, 0.15) is 5.82 Å². The molecule has 7 heteroatoms. The third-order valence-corrected chi connectivity index (χ3v) is 4.33. The maximum atomic E-state index is 12.8. The van der Waals surface area contributed by atoms with Gasteiger partial charge in [-0.2, -0.15) is 5.10 Å². The minimum absolute atomic E-state index is 0.237. The van der Waals surface area contributed by atoms with Gasteiger partial charge >= 0.3 is 0 Å². The van der Waals surface area contributed by atoms with E-state index in [1.165, 1.54) is 12.1 Å². The average Bonchev–Trinajstić information content (AvgIpc) is 2.78. The van der Waals surface area contributed by atoms with Gasteiger partial charge in [0.15, 0.2) is 5.11 Å². The number of nitrogens with one attached hydrogen (secondary N) is 2. The van der Waals surface area contributed by atoms with E-state index in [9.17, 15) is 4.39 Å². The summed E-state index contributed by atoms with van der Waals surface area (Å²) in [4.78, 5) is 0. The Labute approximate surface area is 146 Å². The van der Waals surface area contributed by atoms with Crippen molar-refractivity contribution in [3.8, 4) is 0 Å². The summed E-state index contributed by atoms with van der Waals surface area (Å²) in [5.74, 6) is -0.237. The largest absolute Gasteiger partial charge is 0.363 e. The van der Waals surface area contributed by atoms with Gasteiger partial charge in [-0.1, -0.05) is 23.7 Å². The number of benzene rings is 1. The summed E-state index contributed by atoms with van der Waals surface area (Å²) < 4.78 is 14.7. The zero-order chi connectivity index (χ0) is 16.8. The van der Waals surface area contributed by atoms with Crippen molar-refractivity contribution in [2.24, 2.45) is 0 Å². The second kappa shape index (κ2) is 8.26. The Balaban J connectivity index is 1.66. The van der Waals surface area contributed by atoms with Crippen molar-refractivity contribution in [2.75, 3.05) is 6.54 Å². The van der Waals surface area contributed by atoms with Crippen molar-refractivity contribution in [2.45, 2.75) is 33.4 Å². The lowest BCUT2D eigenvalue weighted by Crippen LogP contribution is -2.35. The highest BCUT2D eigenvalue weighted by atomic mass is 35.5. The minimum atomic E-state index is -0.237. The number of halogens is 2. The molecule has 124 valence electrons. The highest BCUT2D eigenvalue weighted by Gasteiger charge is 2.08. The van der Waals surface area contributed by atoms with E-state index in [1.807, 2.05) is 18.5 Å². The van der Waals surface area contributed by atoms with E-state index >= 15 is 0 Å². The molecule has 0 aliphatic rings. The molecule has 1 heterocycles. The second-order valence-corrected chi connectivity index (χ2v) is 6.08. The van der Waals surface area contributed by atoms with Crippen molar-refractivity contribution < 1.29 is 4.39 Å². The third-order valence-electron chi connectivity index (χ3n) is 3.49. The molecule has 0 amide bonds. The number of thiocarbonyl (C=S) groups is 1. The number of aromatic nitrogens is 2. The molecule has 0 fully saturated rings. The SMILES string of the molecule is Cc1nn(CCCNC(=S)NCc2ccc(F)cc2)c(C)c1Cl. The average molecular weight is 355 g/mol. The van der Waals surface area contributed by atoms with E-state index in [0.29, 0.717) is 11.7 Å². The predicted molar refractivity (Wildman–Crippen MR) is 95.2 cm³/mol. The Kier molecular flexibility index (Phi) is 6.36. The molecule has 0 spiro atoms. The summed E-state index contributed by atoms with van der Waals surface area (Å²) in [6.45, 7) is 5.96. The lowest BCUT2D eigenvalue weighted by molar-refractivity contribution is 0.556. The van der Waals surface area contributed by atoms with Crippen LogP contribution in [0.5, 0.6) is 0 Å². The van der Waals surface area contributed by atoms with Crippen LogP contribution < -0.4 is 10.6 Å². The minimum Gasteiger partial charge on any atom is -0.363 e.